The van der Waals surface area contributed by atoms with E-state index in [-0.39, 0.29) is 0 Å². The van der Waals surface area contributed by atoms with Crippen LogP contribution in [0.3, 0.4) is 0 Å². The summed E-state index contributed by atoms with van der Waals surface area (Å²) in [5, 5.41) is 9.63. The molecule has 1 N–H and O–H groups in total. The maximum absolute atomic E-state index is 9.63. The van der Waals surface area contributed by atoms with Crippen LogP contribution in [0.25, 0.3) is 6.08 Å². The van der Waals surface area contributed by atoms with Crippen molar-refractivity contribution in [2.45, 2.75) is 19.4 Å². The Morgan fingerprint density at radius 1 is 1.50 bits per heavy atom. The standard InChI is InChI=1S/C10H13NO/c1-4-8-5-9(7-11-6-8)10(2,3)12/h4-7,12H,1H2,2-3H3. The topological polar surface area (TPSA) is 33.1 Å². The number of hydrogen-bond donors (Lipinski definition) is 1. The normalized spacial score (nSPS) is 11.2. The monoisotopic (exact) mass is 163 g/mol. The van der Waals surface area contributed by atoms with Crippen molar-refractivity contribution in [3.63, 3.8) is 0 Å². The van der Waals surface area contributed by atoms with E-state index in [1.54, 1.807) is 32.3 Å². The molecule has 12 heavy (non-hydrogen) atoms. The summed E-state index contributed by atoms with van der Waals surface area (Å²) in [4.78, 5) is 3.99. The molecule has 0 unspecified atom stereocenters. The van der Waals surface area contributed by atoms with Crippen molar-refractivity contribution in [3.8, 4) is 0 Å². The van der Waals surface area contributed by atoms with Crippen molar-refractivity contribution >= 4 is 6.08 Å². The van der Waals surface area contributed by atoms with Crippen molar-refractivity contribution in [3.05, 3.63) is 36.2 Å². The predicted molar refractivity (Wildman–Crippen MR) is 49.6 cm³/mol. The summed E-state index contributed by atoms with van der Waals surface area (Å²) in [6.45, 7) is 7.10. The molecule has 1 heterocycles. The zero-order valence-electron chi connectivity index (χ0n) is 7.41. The van der Waals surface area contributed by atoms with E-state index in [0.717, 1.165) is 11.1 Å². The number of pyridine rings is 1. The average Bonchev–Trinajstić information content (AvgIpc) is 2.03. The van der Waals surface area contributed by atoms with Gasteiger partial charge in [0.25, 0.3) is 0 Å². The number of aromatic nitrogens is 1. The molecule has 0 bridgehead atoms. The van der Waals surface area contributed by atoms with Gasteiger partial charge in [-0.1, -0.05) is 12.7 Å². The molecule has 0 aliphatic heterocycles. The second kappa shape index (κ2) is 3.07. The third kappa shape index (κ3) is 1.92. The fraction of sp³-hybridized carbons (Fsp3) is 0.300. The first kappa shape index (κ1) is 8.94. The van der Waals surface area contributed by atoms with Crippen LogP contribution in [-0.2, 0) is 5.60 Å². The average molecular weight is 163 g/mol. The van der Waals surface area contributed by atoms with Gasteiger partial charge in [0.05, 0.1) is 5.60 Å². The van der Waals surface area contributed by atoms with Crippen molar-refractivity contribution in [1.29, 1.82) is 0 Å². The van der Waals surface area contributed by atoms with Crippen LogP contribution in [0.2, 0.25) is 0 Å². The van der Waals surface area contributed by atoms with Gasteiger partial charge in [0, 0.05) is 18.0 Å². The highest BCUT2D eigenvalue weighted by Gasteiger charge is 2.15. The Morgan fingerprint density at radius 2 is 2.17 bits per heavy atom. The molecule has 0 spiro atoms. The minimum absolute atomic E-state index is 0.805. The van der Waals surface area contributed by atoms with E-state index < -0.39 is 5.60 Å². The molecule has 0 atom stereocenters. The van der Waals surface area contributed by atoms with Crippen LogP contribution in [0.5, 0.6) is 0 Å². The molecule has 0 fully saturated rings. The van der Waals surface area contributed by atoms with Crippen molar-refractivity contribution in [1.82, 2.24) is 4.98 Å². The van der Waals surface area contributed by atoms with Crippen LogP contribution in [0.15, 0.2) is 25.0 Å². The summed E-state index contributed by atoms with van der Waals surface area (Å²) in [6, 6.07) is 1.88. The zero-order valence-corrected chi connectivity index (χ0v) is 7.41. The Labute approximate surface area is 72.6 Å². The first-order valence-corrected chi connectivity index (χ1v) is 3.84. The zero-order chi connectivity index (χ0) is 9.19. The third-order valence-corrected chi connectivity index (χ3v) is 1.70. The van der Waals surface area contributed by atoms with Crippen molar-refractivity contribution in [2.24, 2.45) is 0 Å². The predicted octanol–water partition coefficient (Wildman–Crippen LogP) is 1.95. The number of aliphatic hydroxyl groups is 1. The molecular weight excluding hydrogens is 150 g/mol. The van der Waals surface area contributed by atoms with Gasteiger partial charge < -0.3 is 5.11 Å². The molecule has 1 aromatic rings. The molecule has 0 radical (unpaired) electrons. The van der Waals surface area contributed by atoms with Crippen LogP contribution >= 0.6 is 0 Å². The second-order valence-electron chi connectivity index (χ2n) is 3.27. The highest BCUT2D eigenvalue weighted by molar-refractivity contribution is 5.46. The Kier molecular flexibility index (Phi) is 2.29. The van der Waals surface area contributed by atoms with Crippen LogP contribution in [0.1, 0.15) is 25.0 Å². The SMILES string of the molecule is C=Cc1cncc(C(C)(C)O)c1. The van der Waals surface area contributed by atoms with Crippen LogP contribution in [0.4, 0.5) is 0 Å². The van der Waals surface area contributed by atoms with Gasteiger partial charge >= 0.3 is 0 Å². The lowest BCUT2D eigenvalue weighted by atomic mass is 9.99. The van der Waals surface area contributed by atoms with Gasteiger partial charge in [-0.3, -0.25) is 4.98 Å². The van der Waals surface area contributed by atoms with Crippen LogP contribution < -0.4 is 0 Å². The van der Waals surface area contributed by atoms with Gasteiger partial charge in [-0.2, -0.15) is 0 Å². The minimum atomic E-state index is -0.827. The van der Waals surface area contributed by atoms with Gasteiger partial charge in [0.1, 0.15) is 0 Å². The van der Waals surface area contributed by atoms with Gasteiger partial charge in [-0.25, -0.2) is 0 Å². The van der Waals surface area contributed by atoms with E-state index >= 15 is 0 Å². The molecule has 0 aliphatic carbocycles. The lowest BCUT2D eigenvalue weighted by Crippen LogP contribution is -2.15. The summed E-state index contributed by atoms with van der Waals surface area (Å²) < 4.78 is 0. The van der Waals surface area contributed by atoms with Gasteiger partial charge in [-0.15, -0.1) is 0 Å². The second-order valence-corrected chi connectivity index (χ2v) is 3.27. The molecule has 1 aromatic heterocycles. The smallest absolute Gasteiger partial charge is 0.0855 e. The third-order valence-electron chi connectivity index (χ3n) is 1.70. The van der Waals surface area contributed by atoms with Gasteiger partial charge in [0.15, 0.2) is 0 Å². The molecule has 64 valence electrons. The maximum atomic E-state index is 9.63. The Morgan fingerprint density at radius 3 is 2.67 bits per heavy atom. The van der Waals surface area contributed by atoms with Gasteiger partial charge in [0.2, 0.25) is 0 Å². The fourth-order valence-electron chi connectivity index (χ4n) is 0.904. The van der Waals surface area contributed by atoms with E-state index in [0.29, 0.717) is 0 Å². The van der Waals surface area contributed by atoms with Crippen LogP contribution in [-0.4, -0.2) is 10.1 Å². The molecule has 0 aromatic carbocycles. The summed E-state index contributed by atoms with van der Waals surface area (Å²) in [7, 11) is 0. The molecular formula is C10H13NO. The molecule has 1 rings (SSSR count). The first-order valence-electron chi connectivity index (χ1n) is 3.84. The summed E-state index contributed by atoms with van der Waals surface area (Å²) in [6.07, 6.45) is 5.08. The molecule has 2 heteroatoms. The first-order chi connectivity index (χ1) is 5.54. The summed E-state index contributed by atoms with van der Waals surface area (Å²) in [5.41, 5.74) is 0.904. The van der Waals surface area contributed by atoms with E-state index in [1.165, 1.54) is 0 Å². The van der Waals surface area contributed by atoms with Gasteiger partial charge in [-0.05, 0) is 25.5 Å². The number of nitrogens with zero attached hydrogens (tertiary/aromatic N) is 1. The largest absolute Gasteiger partial charge is 0.386 e. The lowest BCUT2D eigenvalue weighted by molar-refractivity contribution is 0.0782. The molecule has 0 saturated heterocycles. The van der Waals surface area contributed by atoms with E-state index in [1.807, 2.05) is 6.07 Å². The van der Waals surface area contributed by atoms with Crippen LogP contribution in [0, 0.1) is 0 Å². The van der Waals surface area contributed by atoms with E-state index in [9.17, 15) is 5.11 Å². The quantitative estimate of drug-likeness (QED) is 0.722. The Bertz CT molecular complexity index is 286. The summed E-state index contributed by atoms with van der Waals surface area (Å²) >= 11 is 0. The fourth-order valence-corrected chi connectivity index (χ4v) is 0.904. The number of hydrogen-bond acceptors (Lipinski definition) is 2. The lowest BCUT2D eigenvalue weighted by Gasteiger charge is -2.17. The molecule has 2 nitrogen and oxygen atoms in total. The number of rotatable bonds is 2. The Hall–Kier alpha value is -1.15. The van der Waals surface area contributed by atoms with Crippen molar-refractivity contribution < 1.29 is 5.11 Å². The highest BCUT2D eigenvalue weighted by atomic mass is 16.3. The maximum Gasteiger partial charge on any atom is 0.0855 e. The van der Waals surface area contributed by atoms with E-state index in [2.05, 4.69) is 11.6 Å². The van der Waals surface area contributed by atoms with E-state index in [4.69, 9.17) is 0 Å². The molecule has 0 amide bonds. The van der Waals surface area contributed by atoms with Crippen molar-refractivity contribution in [2.75, 3.05) is 0 Å². The minimum Gasteiger partial charge on any atom is -0.386 e. The molecule has 0 aliphatic rings. The summed E-state index contributed by atoms with van der Waals surface area (Å²) in [5.74, 6) is 0. The molecule has 0 saturated carbocycles. The highest BCUT2D eigenvalue weighted by Crippen LogP contribution is 2.19. The Balaban J connectivity index is 3.10.